The monoisotopic (exact) mass is 501 g/mol. The second kappa shape index (κ2) is 12.2. The van der Waals surface area contributed by atoms with Gasteiger partial charge in [0.25, 0.3) is 0 Å². The Morgan fingerprint density at radius 1 is 0.971 bits per heavy atom. The largest absolute Gasteiger partial charge is 0.354 e. The first-order valence-corrected chi connectivity index (χ1v) is 13.9. The predicted molar refractivity (Wildman–Crippen MR) is 142 cm³/mol. The Morgan fingerprint density at radius 2 is 1.57 bits per heavy atom. The Labute approximate surface area is 210 Å². The standard InChI is InChI=1S/C27H39N3O4S/c1-8-24(27(32)28-16-19(2)3)29(17-23-12-9-20(4)10-13-23)26(31)18-30(35(7,33)34)25-14-11-21(5)15-22(25)6/h9-15,19,24H,8,16-18H2,1-7H3,(H,28,32)/t24-/m1/s1. The third-order valence-corrected chi connectivity index (χ3v) is 6.97. The van der Waals surface area contributed by atoms with Gasteiger partial charge in [-0.15, -0.1) is 0 Å². The van der Waals surface area contributed by atoms with Crippen molar-refractivity contribution in [3.8, 4) is 0 Å². The fraction of sp³-hybridized carbons (Fsp3) is 0.481. The number of nitrogens with one attached hydrogen (secondary N) is 1. The quantitative estimate of drug-likeness (QED) is 0.505. The summed E-state index contributed by atoms with van der Waals surface area (Å²) >= 11 is 0. The van der Waals surface area contributed by atoms with Gasteiger partial charge in [-0.3, -0.25) is 13.9 Å². The summed E-state index contributed by atoms with van der Waals surface area (Å²) in [4.78, 5) is 28.3. The first-order valence-electron chi connectivity index (χ1n) is 12.0. The molecule has 0 heterocycles. The van der Waals surface area contributed by atoms with E-state index in [-0.39, 0.29) is 24.9 Å². The van der Waals surface area contributed by atoms with Crippen molar-refractivity contribution in [2.45, 2.75) is 60.5 Å². The maximum atomic E-state index is 13.7. The lowest BCUT2D eigenvalue weighted by Crippen LogP contribution is -2.52. The van der Waals surface area contributed by atoms with Crippen molar-refractivity contribution >= 4 is 27.5 Å². The Bertz CT molecular complexity index is 1130. The highest BCUT2D eigenvalue weighted by Crippen LogP contribution is 2.24. The summed E-state index contributed by atoms with van der Waals surface area (Å²) in [5.41, 5.74) is 4.18. The average molecular weight is 502 g/mol. The van der Waals surface area contributed by atoms with Crippen molar-refractivity contribution in [2.24, 2.45) is 5.92 Å². The van der Waals surface area contributed by atoms with E-state index < -0.39 is 22.0 Å². The Hall–Kier alpha value is -2.87. The van der Waals surface area contributed by atoms with E-state index in [1.165, 1.54) is 4.90 Å². The number of rotatable bonds is 11. The normalized spacial score (nSPS) is 12.3. The molecule has 0 saturated carbocycles. The number of amides is 2. The highest BCUT2D eigenvalue weighted by Gasteiger charge is 2.32. The molecule has 2 amide bonds. The van der Waals surface area contributed by atoms with E-state index in [0.29, 0.717) is 18.7 Å². The van der Waals surface area contributed by atoms with Gasteiger partial charge >= 0.3 is 0 Å². The average Bonchev–Trinajstić information content (AvgIpc) is 2.76. The van der Waals surface area contributed by atoms with E-state index in [0.717, 1.165) is 32.8 Å². The molecule has 2 aromatic rings. The van der Waals surface area contributed by atoms with Crippen LogP contribution in [0.2, 0.25) is 0 Å². The zero-order valence-corrected chi connectivity index (χ0v) is 22.8. The molecule has 192 valence electrons. The van der Waals surface area contributed by atoms with Crippen LogP contribution < -0.4 is 9.62 Å². The molecule has 0 radical (unpaired) electrons. The van der Waals surface area contributed by atoms with E-state index in [2.05, 4.69) is 5.32 Å². The van der Waals surface area contributed by atoms with Crippen LogP contribution in [-0.4, -0.2) is 50.5 Å². The molecule has 1 N–H and O–H groups in total. The van der Waals surface area contributed by atoms with Crippen LogP contribution in [0.4, 0.5) is 5.69 Å². The number of hydrogen-bond donors (Lipinski definition) is 1. The minimum atomic E-state index is -3.75. The highest BCUT2D eigenvalue weighted by atomic mass is 32.2. The van der Waals surface area contributed by atoms with Gasteiger partial charge in [0.1, 0.15) is 12.6 Å². The third-order valence-electron chi connectivity index (χ3n) is 5.84. The molecule has 0 aromatic heterocycles. The summed E-state index contributed by atoms with van der Waals surface area (Å²) in [6.07, 6.45) is 1.50. The van der Waals surface area contributed by atoms with Gasteiger partial charge in [0, 0.05) is 13.1 Å². The van der Waals surface area contributed by atoms with Crippen LogP contribution in [0.15, 0.2) is 42.5 Å². The number of carbonyl (C=O) groups excluding carboxylic acids is 2. The minimum Gasteiger partial charge on any atom is -0.354 e. The molecule has 7 nitrogen and oxygen atoms in total. The van der Waals surface area contributed by atoms with Crippen molar-refractivity contribution in [3.63, 3.8) is 0 Å². The second-order valence-electron chi connectivity index (χ2n) is 9.63. The zero-order chi connectivity index (χ0) is 26.3. The second-order valence-corrected chi connectivity index (χ2v) is 11.5. The fourth-order valence-electron chi connectivity index (χ4n) is 3.91. The molecule has 0 aliphatic carbocycles. The summed E-state index contributed by atoms with van der Waals surface area (Å²) in [5.74, 6) is -0.399. The summed E-state index contributed by atoms with van der Waals surface area (Å²) in [6.45, 7) is 11.9. The Kier molecular flexibility index (Phi) is 9.89. The maximum Gasteiger partial charge on any atom is 0.244 e. The summed E-state index contributed by atoms with van der Waals surface area (Å²) < 4.78 is 26.6. The van der Waals surface area contributed by atoms with Gasteiger partial charge in [-0.05, 0) is 50.3 Å². The highest BCUT2D eigenvalue weighted by molar-refractivity contribution is 7.92. The van der Waals surface area contributed by atoms with Gasteiger partial charge in [0.15, 0.2) is 0 Å². The van der Waals surface area contributed by atoms with Crippen LogP contribution in [0.3, 0.4) is 0 Å². The minimum absolute atomic E-state index is 0.206. The van der Waals surface area contributed by atoms with Crippen LogP contribution in [0.25, 0.3) is 0 Å². The number of aryl methyl sites for hydroxylation is 3. The molecule has 2 aromatic carbocycles. The van der Waals surface area contributed by atoms with Crippen molar-refractivity contribution in [1.82, 2.24) is 10.2 Å². The SMILES string of the molecule is CC[C@H](C(=O)NCC(C)C)N(Cc1ccc(C)cc1)C(=O)CN(c1ccc(C)cc1C)S(C)(=O)=O. The molecular formula is C27H39N3O4S. The fourth-order valence-corrected chi connectivity index (χ4v) is 4.82. The molecule has 0 aliphatic heterocycles. The van der Waals surface area contributed by atoms with E-state index in [4.69, 9.17) is 0 Å². The van der Waals surface area contributed by atoms with Gasteiger partial charge in [0.2, 0.25) is 21.8 Å². The number of sulfonamides is 1. The number of benzene rings is 2. The van der Waals surface area contributed by atoms with Crippen molar-refractivity contribution in [1.29, 1.82) is 0 Å². The predicted octanol–water partition coefficient (Wildman–Crippen LogP) is 3.96. The number of carbonyl (C=O) groups is 2. The first-order chi connectivity index (χ1) is 16.3. The smallest absolute Gasteiger partial charge is 0.244 e. The van der Waals surface area contributed by atoms with Gasteiger partial charge in [-0.2, -0.15) is 0 Å². The molecule has 0 aliphatic rings. The molecule has 8 heteroatoms. The molecule has 0 bridgehead atoms. The summed E-state index contributed by atoms with van der Waals surface area (Å²) in [7, 11) is -3.75. The maximum absolute atomic E-state index is 13.7. The van der Waals surface area contributed by atoms with Crippen LogP contribution >= 0.6 is 0 Å². The van der Waals surface area contributed by atoms with Gasteiger partial charge in [-0.25, -0.2) is 8.42 Å². The van der Waals surface area contributed by atoms with Crippen LogP contribution in [0.5, 0.6) is 0 Å². The van der Waals surface area contributed by atoms with Crippen molar-refractivity contribution < 1.29 is 18.0 Å². The van der Waals surface area contributed by atoms with E-state index in [1.54, 1.807) is 6.07 Å². The summed E-state index contributed by atoms with van der Waals surface area (Å²) in [5, 5.41) is 2.93. The lowest BCUT2D eigenvalue weighted by atomic mass is 10.1. The van der Waals surface area contributed by atoms with Gasteiger partial charge in [-0.1, -0.05) is 68.3 Å². The van der Waals surface area contributed by atoms with E-state index in [9.17, 15) is 18.0 Å². The van der Waals surface area contributed by atoms with Crippen molar-refractivity contribution in [2.75, 3.05) is 23.7 Å². The van der Waals surface area contributed by atoms with Crippen molar-refractivity contribution in [3.05, 3.63) is 64.7 Å². The van der Waals surface area contributed by atoms with E-state index in [1.807, 2.05) is 77.9 Å². The van der Waals surface area contributed by atoms with E-state index >= 15 is 0 Å². The number of anilines is 1. The molecule has 35 heavy (non-hydrogen) atoms. The molecule has 0 spiro atoms. The number of hydrogen-bond acceptors (Lipinski definition) is 4. The lowest BCUT2D eigenvalue weighted by molar-refractivity contribution is -0.140. The lowest BCUT2D eigenvalue weighted by Gasteiger charge is -2.33. The molecule has 0 fully saturated rings. The van der Waals surface area contributed by atoms with Crippen LogP contribution in [-0.2, 0) is 26.2 Å². The van der Waals surface area contributed by atoms with Gasteiger partial charge < -0.3 is 10.2 Å². The molecule has 0 saturated heterocycles. The Morgan fingerprint density at radius 3 is 2.09 bits per heavy atom. The molecular weight excluding hydrogens is 462 g/mol. The molecule has 2 rings (SSSR count). The summed E-state index contributed by atoms with van der Waals surface area (Å²) in [6, 6.07) is 12.5. The third kappa shape index (κ3) is 8.09. The first kappa shape index (κ1) is 28.4. The molecule has 1 atom stereocenters. The van der Waals surface area contributed by atoms with Crippen LogP contribution in [0, 0.1) is 26.7 Å². The Balaban J connectivity index is 2.44. The molecule has 0 unspecified atom stereocenters. The van der Waals surface area contributed by atoms with Gasteiger partial charge in [0.05, 0.1) is 11.9 Å². The van der Waals surface area contributed by atoms with Crippen LogP contribution in [0.1, 0.15) is 49.4 Å². The zero-order valence-electron chi connectivity index (χ0n) is 22.0. The number of nitrogens with zero attached hydrogens (tertiary/aromatic N) is 2. The topological polar surface area (TPSA) is 86.8 Å².